The van der Waals surface area contributed by atoms with E-state index in [0.717, 1.165) is 11.4 Å². The van der Waals surface area contributed by atoms with Gasteiger partial charge in [-0.2, -0.15) is 14.9 Å². The first-order valence-corrected chi connectivity index (χ1v) is 10.2. The fourth-order valence-corrected chi connectivity index (χ4v) is 3.60. The summed E-state index contributed by atoms with van der Waals surface area (Å²) in [6.45, 7) is 0. The second kappa shape index (κ2) is 7.90. The van der Waals surface area contributed by atoms with Crippen molar-refractivity contribution >= 4 is 41.0 Å². The Balaban J connectivity index is 1.65. The van der Waals surface area contributed by atoms with Gasteiger partial charge in [-0.15, -0.1) is 11.8 Å². The van der Waals surface area contributed by atoms with E-state index in [1.54, 1.807) is 16.4 Å². The Morgan fingerprint density at radius 2 is 1.85 bits per heavy atom. The van der Waals surface area contributed by atoms with E-state index in [-0.39, 0.29) is 0 Å². The molecule has 0 aliphatic carbocycles. The number of aromatic nitrogens is 3. The lowest BCUT2D eigenvalue weighted by Gasteiger charge is -2.06. The minimum Gasteiger partial charge on any atom is -0.250 e. The number of hydrogen-bond acceptors (Lipinski definition) is 4. The van der Waals surface area contributed by atoms with Crippen LogP contribution in [0.1, 0.15) is 17.0 Å². The molecule has 0 saturated carbocycles. The Kier molecular flexibility index (Phi) is 5.18. The van der Waals surface area contributed by atoms with Gasteiger partial charge in [0, 0.05) is 11.3 Å². The van der Waals surface area contributed by atoms with Crippen molar-refractivity contribution in [3.8, 4) is 0 Å². The van der Waals surface area contributed by atoms with Crippen LogP contribution in [-0.2, 0) is 6.42 Å². The number of nitrogens with zero attached hydrogens (tertiary/aromatic N) is 3. The Morgan fingerprint density at radius 1 is 1.07 bits per heavy atom. The largest absolute Gasteiger partial charge is 0.250 e. The molecule has 6 heteroatoms. The lowest BCUT2D eigenvalue weighted by Crippen LogP contribution is -2.01. The molecule has 0 saturated heterocycles. The second-order valence-electron chi connectivity index (χ2n) is 6.09. The number of aromatic amines is 1. The highest BCUT2D eigenvalue weighted by Gasteiger charge is 2.09. The van der Waals surface area contributed by atoms with Crippen LogP contribution in [0.4, 0.5) is 0 Å². The van der Waals surface area contributed by atoms with Crippen LogP contribution >= 0.6 is 24.0 Å². The smallest absolute Gasteiger partial charge is 0.216 e. The highest BCUT2D eigenvalue weighted by Crippen LogP contribution is 2.21. The van der Waals surface area contributed by atoms with Crippen LogP contribution in [0.25, 0.3) is 10.8 Å². The van der Waals surface area contributed by atoms with E-state index in [9.17, 15) is 0 Å². The molecule has 4 aromatic rings. The van der Waals surface area contributed by atoms with E-state index < -0.39 is 0 Å². The van der Waals surface area contributed by atoms with Gasteiger partial charge < -0.3 is 0 Å². The molecule has 0 spiro atoms. The van der Waals surface area contributed by atoms with Gasteiger partial charge in [0.05, 0.1) is 6.21 Å². The van der Waals surface area contributed by atoms with Crippen molar-refractivity contribution in [3.63, 3.8) is 0 Å². The number of hydrogen-bond donors (Lipinski definition) is 1. The predicted octanol–water partition coefficient (Wildman–Crippen LogP) is 5.29. The fraction of sp³-hybridized carbons (Fsp3) is 0.0952. The van der Waals surface area contributed by atoms with Gasteiger partial charge in [-0.3, -0.25) is 5.10 Å². The number of benzene rings is 3. The maximum Gasteiger partial charge on any atom is 0.216 e. The highest BCUT2D eigenvalue weighted by molar-refractivity contribution is 7.98. The molecular formula is C21H18N4S2. The number of H-pyrrole nitrogens is 1. The summed E-state index contributed by atoms with van der Waals surface area (Å²) in [5.41, 5.74) is 2.22. The normalized spacial score (nSPS) is 11.4. The van der Waals surface area contributed by atoms with Gasteiger partial charge in [0.25, 0.3) is 0 Å². The summed E-state index contributed by atoms with van der Waals surface area (Å²) in [5, 5.41) is 14.2. The highest BCUT2D eigenvalue weighted by atomic mass is 32.2. The van der Waals surface area contributed by atoms with Gasteiger partial charge in [-0.05, 0) is 52.5 Å². The summed E-state index contributed by atoms with van der Waals surface area (Å²) in [6.07, 6.45) is 4.52. The SMILES string of the molecule is CSc1ccc(/C=N\n2c(Cc3cccc4ccccc34)n[nH]c2=S)cc1. The van der Waals surface area contributed by atoms with E-state index >= 15 is 0 Å². The van der Waals surface area contributed by atoms with Crippen LogP contribution in [0.2, 0.25) is 0 Å². The molecule has 3 aromatic carbocycles. The second-order valence-corrected chi connectivity index (χ2v) is 7.36. The maximum atomic E-state index is 5.37. The molecule has 0 atom stereocenters. The minimum absolute atomic E-state index is 0.488. The van der Waals surface area contributed by atoms with E-state index in [2.05, 4.69) is 76.2 Å². The molecular weight excluding hydrogens is 372 g/mol. The minimum atomic E-state index is 0.488. The molecule has 0 radical (unpaired) electrons. The van der Waals surface area contributed by atoms with Crippen LogP contribution in [0.15, 0.2) is 76.7 Å². The summed E-state index contributed by atoms with van der Waals surface area (Å²) >= 11 is 7.09. The van der Waals surface area contributed by atoms with E-state index in [4.69, 9.17) is 12.2 Å². The average Bonchev–Trinajstić information content (AvgIpc) is 3.06. The summed E-state index contributed by atoms with van der Waals surface area (Å²) in [6, 6.07) is 22.9. The third-order valence-corrected chi connectivity index (χ3v) is 5.39. The van der Waals surface area contributed by atoms with Crippen molar-refractivity contribution < 1.29 is 0 Å². The summed E-state index contributed by atoms with van der Waals surface area (Å²) in [5.74, 6) is 0.785. The number of thioether (sulfide) groups is 1. The Morgan fingerprint density at radius 3 is 2.67 bits per heavy atom. The Labute approximate surface area is 166 Å². The zero-order valence-corrected chi connectivity index (χ0v) is 16.4. The lowest BCUT2D eigenvalue weighted by molar-refractivity contribution is 0.793. The van der Waals surface area contributed by atoms with Crippen molar-refractivity contribution in [2.75, 3.05) is 6.26 Å². The van der Waals surface area contributed by atoms with Crippen molar-refractivity contribution in [2.24, 2.45) is 5.10 Å². The molecule has 1 heterocycles. The molecule has 0 amide bonds. The summed E-state index contributed by atoms with van der Waals surface area (Å²) in [4.78, 5) is 1.23. The van der Waals surface area contributed by atoms with Crippen molar-refractivity contribution in [1.29, 1.82) is 0 Å². The zero-order chi connectivity index (χ0) is 18.6. The molecule has 134 valence electrons. The first kappa shape index (κ1) is 17.7. The molecule has 0 aliphatic heterocycles. The van der Waals surface area contributed by atoms with Gasteiger partial charge in [-0.1, -0.05) is 54.6 Å². The molecule has 0 unspecified atom stereocenters. The van der Waals surface area contributed by atoms with E-state index in [1.165, 1.54) is 21.2 Å². The Bertz CT molecular complexity index is 1150. The molecule has 0 bridgehead atoms. The average molecular weight is 391 g/mol. The first-order chi connectivity index (χ1) is 13.2. The molecule has 4 rings (SSSR count). The number of fused-ring (bicyclic) bond motifs is 1. The third-order valence-electron chi connectivity index (χ3n) is 4.38. The first-order valence-electron chi connectivity index (χ1n) is 8.56. The summed E-state index contributed by atoms with van der Waals surface area (Å²) in [7, 11) is 0. The Hall–Kier alpha value is -2.70. The van der Waals surface area contributed by atoms with Gasteiger partial charge in [-0.25, -0.2) is 0 Å². The van der Waals surface area contributed by atoms with Gasteiger partial charge in [0.1, 0.15) is 0 Å². The molecule has 1 aromatic heterocycles. The van der Waals surface area contributed by atoms with Crippen LogP contribution < -0.4 is 0 Å². The van der Waals surface area contributed by atoms with E-state index in [0.29, 0.717) is 11.2 Å². The fourth-order valence-electron chi connectivity index (χ4n) is 2.99. The number of nitrogens with one attached hydrogen (secondary N) is 1. The van der Waals surface area contributed by atoms with Crippen LogP contribution in [0.3, 0.4) is 0 Å². The standard InChI is InChI=1S/C21H18N4S2/c1-27-18-11-9-15(10-12-18)14-22-25-20(23-24-21(25)26)13-17-7-4-6-16-5-2-3-8-19(16)17/h2-12,14H,13H2,1H3,(H,24,26)/b22-14-. The number of rotatable bonds is 5. The van der Waals surface area contributed by atoms with Gasteiger partial charge >= 0.3 is 0 Å². The zero-order valence-electron chi connectivity index (χ0n) is 14.8. The molecule has 1 N–H and O–H groups in total. The van der Waals surface area contributed by atoms with Gasteiger partial charge in [0.15, 0.2) is 5.82 Å². The van der Waals surface area contributed by atoms with Crippen molar-refractivity contribution in [1.82, 2.24) is 14.9 Å². The molecule has 0 aliphatic rings. The van der Waals surface area contributed by atoms with Crippen LogP contribution in [0.5, 0.6) is 0 Å². The van der Waals surface area contributed by atoms with E-state index in [1.807, 2.05) is 18.3 Å². The third kappa shape index (κ3) is 3.86. The molecule has 27 heavy (non-hydrogen) atoms. The van der Waals surface area contributed by atoms with Crippen LogP contribution in [0, 0.1) is 4.77 Å². The van der Waals surface area contributed by atoms with Gasteiger partial charge in [0.2, 0.25) is 4.77 Å². The van der Waals surface area contributed by atoms with Crippen molar-refractivity contribution in [3.05, 3.63) is 88.5 Å². The quantitative estimate of drug-likeness (QED) is 0.286. The van der Waals surface area contributed by atoms with Crippen molar-refractivity contribution in [2.45, 2.75) is 11.3 Å². The summed E-state index contributed by atoms with van der Waals surface area (Å²) < 4.78 is 2.18. The lowest BCUT2D eigenvalue weighted by atomic mass is 10.0. The topological polar surface area (TPSA) is 46.0 Å². The molecule has 0 fully saturated rings. The predicted molar refractivity (Wildman–Crippen MR) is 115 cm³/mol. The molecule has 4 nitrogen and oxygen atoms in total. The maximum absolute atomic E-state index is 5.37. The van der Waals surface area contributed by atoms with Crippen LogP contribution in [-0.4, -0.2) is 27.3 Å². The monoisotopic (exact) mass is 390 g/mol.